The van der Waals surface area contributed by atoms with E-state index in [-0.39, 0.29) is 0 Å². The van der Waals surface area contributed by atoms with E-state index in [1.165, 1.54) is 68.1 Å². The average molecular weight is 498 g/mol. The molecular formula is C31H35N2P2+. The van der Waals surface area contributed by atoms with Gasteiger partial charge in [0.1, 0.15) is 6.66 Å². The fourth-order valence-corrected chi connectivity index (χ4v) is 4.66. The summed E-state index contributed by atoms with van der Waals surface area (Å²) >= 11 is 0. The third-order valence-corrected chi connectivity index (χ3v) is 6.87. The van der Waals surface area contributed by atoms with Crippen molar-refractivity contribution in [1.29, 1.82) is 10.4 Å². The van der Waals surface area contributed by atoms with Crippen molar-refractivity contribution in [1.82, 2.24) is 0 Å². The van der Waals surface area contributed by atoms with Gasteiger partial charge in [0, 0.05) is 11.8 Å². The van der Waals surface area contributed by atoms with Crippen LogP contribution in [0.2, 0.25) is 0 Å². The molecule has 2 aromatic carbocycles. The van der Waals surface area contributed by atoms with Gasteiger partial charge in [0.25, 0.3) is 7.71 Å². The van der Waals surface area contributed by atoms with Crippen molar-refractivity contribution in [2.45, 2.75) is 64.2 Å². The van der Waals surface area contributed by atoms with Crippen LogP contribution < -0.4 is 0 Å². The second-order valence-corrected chi connectivity index (χ2v) is 10.5. The van der Waals surface area contributed by atoms with Gasteiger partial charge < -0.3 is 0 Å². The molecule has 1 fully saturated rings. The number of nitrogens with zero attached hydrogens (tertiary/aromatic N) is 1. The predicted octanol–water partition coefficient (Wildman–Crippen LogP) is 8.74. The zero-order chi connectivity index (χ0) is 25.3. The zero-order valence-corrected chi connectivity index (χ0v) is 23.0. The van der Waals surface area contributed by atoms with Crippen molar-refractivity contribution in [2.24, 2.45) is 5.92 Å². The highest BCUT2D eigenvalue weighted by Crippen LogP contribution is 2.38. The van der Waals surface area contributed by atoms with E-state index in [0.717, 1.165) is 17.4 Å². The Morgan fingerprint density at radius 2 is 1.49 bits per heavy atom. The van der Waals surface area contributed by atoms with E-state index in [4.69, 9.17) is 10.4 Å². The molecule has 2 aromatic rings. The number of hydrogen-bond donors (Lipinski definition) is 1. The molecule has 1 aliphatic rings. The number of benzene rings is 2. The van der Waals surface area contributed by atoms with Crippen LogP contribution in [0.4, 0.5) is 0 Å². The summed E-state index contributed by atoms with van der Waals surface area (Å²) in [5.41, 5.74) is 9.82. The smallest absolute Gasteiger partial charge is 0.192 e. The molecule has 2 unspecified atom stereocenters. The Labute approximate surface area is 215 Å². The number of unbranched alkanes of at least 4 members (excludes halogenated alkanes) is 2. The Kier molecular flexibility index (Phi) is 13.6. The minimum absolute atomic E-state index is 0.719. The van der Waals surface area contributed by atoms with Crippen LogP contribution in [0.25, 0.3) is 11.1 Å². The maximum absolute atomic E-state index is 8.91. The monoisotopic (exact) mass is 497 g/mol. The summed E-state index contributed by atoms with van der Waals surface area (Å²) in [7, 11) is 1.35. The molecule has 0 spiro atoms. The number of rotatable bonds is 6. The largest absolute Gasteiger partial charge is 0.284 e. The van der Waals surface area contributed by atoms with Gasteiger partial charge >= 0.3 is 0 Å². The van der Waals surface area contributed by atoms with Gasteiger partial charge in [-0.05, 0) is 78.2 Å². The molecule has 0 heterocycles. The van der Waals surface area contributed by atoms with Crippen LogP contribution >= 0.6 is 17.0 Å². The molecule has 0 radical (unpaired) electrons. The van der Waals surface area contributed by atoms with Gasteiger partial charge in [0.2, 0.25) is 0 Å². The number of nitrogens with one attached hydrogen (secondary N) is 1. The molecule has 2 nitrogen and oxygen atoms in total. The van der Waals surface area contributed by atoms with E-state index >= 15 is 0 Å². The maximum atomic E-state index is 8.91. The van der Waals surface area contributed by atoms with Crippen molar-refractivity contribution in [3.05, 3.63) is 59.7 Å². The summed E-state index contributed by atoms with van der Waals surface area (Å²) in [5, 5.41) is 15.9. The molecule has 0 saturated heterocycles. The molecule has 0 amide bonds. The van der Waals surface area contributed by atoms with Gasteiger partial charge in [0.15, 0.2) is 5.66 Å². The molecule has 1 N–H and O–H groups in total. The van der Waals surface area contributed by atoms with E-state index in [2.05, 4.69) is 81.5 Å². The average Bonchev–Trinajstić information content (AvgIpc) is 2.89. The van der Waals surface area contributed by atoms with Crippen molar-refractivity contribution in [3.8, 4) is 52.2 Å². The standard InChI is InChI=1S/C24H29N.C7H6NP2/c1-2-3-4-5-19-6-10-21(11-7-19)23-14-16-24(17-15-23)22-12-8-20(18-25)9-13-22;1-10(8)7-5-3-2-4-6-9/h8-9,12-17,19,21H,2-7,10-11H2,1H3;8H,9H2,1H3/q;+1. The zero-order valence-electron chi connectivity index (χ0n) is 20.9. The lowest BCUT2D eigenvalue weighted by atomic mass is 9.77. The lowest BCUT2D eigenvalue weighted by molar-refractivity contribution is 0.303. The molecule has 1 saturated carbocycles. The van der Waals surface area contributed by atoms with Crippen LogP contribution in [0.1, 0.15) is 75.3 Å². The lowest BCUT2D eigenvalue weighted by Crippen LogP contribution is -2.13. The molecule has 2 atom stereocenters. The second-order valence-electron chi connectivity index (χ2n) is 8.84. The Bertz CT molecular complexity index is 1160. The molecule has 178 valence electrons. The lowest BCUT2D eigenvalue weighted by Gasteiger charge is -2.29. The fraction of sp³-hybridized carbons (Fsp3) is 0.387. The third-order valence-electron chi connectivity index (χ3n) is 6.28. The number of nitriles is 1. The minimum atomic E-state index is -0.888. The Balaban J connectivity index is 0.000000367. The Morgan fingerprint density at radius 3 is 2.03 bits per heavy atom. The van der Waals surface area contributed by atoms with Gasteiger partial charge in [-0.1, -0.05) is 83.9 Å². The van der Waals surface area contributed by atoms with Crippen LogP contribution in [-0.2, 0) is 0 Å². The fourth-order valence-electron chi connectivity index (χ4n) is 4.36. The van der Waals surface area contributed by atoms with E-state index in [1.807, 2.05) is 24.3 Å². The van der Waals surface area contributed by atoms with Crippen LogP contribution in [0, 0.1) is 57.4 Å². The van der Waals surface area contributed by atoms with Crippen LogP contribution in [0.3, 0.4) is 0 Å². The quantitative estimate of drug-likeness (QED) is 0.242. The predicted molar refractivity (Wildman–Crippen MR) is 154 cm³/mol. The van der Waals surface area contributed by atoms with Gasteiger partial charge in [-0.3, -0.25) is 0 Å². The summed E-state index contributed by atoms with van der Waals surface area (Å²) in [6.07, 6.45) is 11.1. The third kappa shape index (κ3) is 11.0. The highest BCUT2D eigenvalue weighted by Gasteiger charge is 2.21. The normalized spacial score (nSPS) is 16.3. The van der Waals surface area contributed by atoms with Crippen molar-refractivity contribution in [3.63, 3.8) is 0 Å². The van der Waals surface area contributed by atoms with Gasteiger partial charge in [-0.15, -0.1) is 5.16 Å². The summed E-state index contributed by atoms with van der Waals surface area (Å²) in [5.74, 6) is 11.8. The topological polar surface area (TPSA) is 47.6 Å². The molecule has 0 aliphatic heterocycles. The summed E-state index contributed by atoms with van der Waals surface area (Å²) < 4.78 is 0. The molecule has 0 aromatic heterocycles. The van der Waals surface area contributed by atoms with Crippen LogP contribution in [0.15, 0.2) is 48.5 Å². The van der Waals surface area contributed by atoms with E-state index in [1.54, 1.807) is 6.66 Å². The van der Waals surface area contributed by atoms with E-state index in [0.29, 0.717) is 0 Å². The SMILES string of the molecule is CCCCCC1CCC(c2ccc(-c3ccc(C#N)cc3)cc2)CC1.C[P+](=N)C#CC#CC#CP. The minimum Gasteiger partial charge on any atom is -0.192 e. The summed E-state index contributed by atoms with van der Waals surface area (Å²) in [6.45, 7) is 4.05. The van der Waals surface area contributed by atoms with Crippen LogP contribution in [0.5, 0.6) is 0 Å². The first-order chi connectivity index (χ1) is 17.1. The molecule has 1 aliphatic carbocycles. The van der Waals surface area contributed by atoms with Gasteiger partial charge in [0.05, 0.1) is 11.6 Å². The number of hydrogen-bond acceptors (Lipinski definition) is 2. The van der Waals surface area contributed by atoms with Gasteiger partial charge in [-0.25, -0.2) is 0 Å². The van der Waals surface area contributed by atoms with Crippen molar-refractivity contribution < 1.29 is 0 Å². The van der Waals surface area contributed by atoms with Crippen molar-refractivity contribution >= 4 is 17.0 Å². The van der Waals surface area contributed by atoms with E-state index in [9.17, 15) is 0 Å². The Hall–Kier alpha value is -2.86. The summed E-state index contributed by atoms with van der Waals surface area (Å²) in [6, 6.07) is 19.1. The summed E-state index contributed by atoms with van der Waals surface area (Å²) in [4.78, 5) is 0. The molecular weight excluding hydrogens is 462 g/mol. The molecule has 4 heteroatoms. The molecule has 3 rings (SSSR count). The molecule has 35 heavy (non-hydrogen) atoms. The highest BCUT2D eigenvalue weighted by atomic mass is 31.1. The first kappa shape index (κ1) is 28.4. The first-order valence-corrected chi connectivity index (χ1v) is 14.7. The Morgan fingerprint density at radius 1 is 0.886 bits per heavy atom. The van der Waals surface area contributed by atoms with Crippen LogP contribution in [-0.4, -0.2) is 6.66 Å². The van der Waals surface area contributed by atoms with Crippen molar-refractivity contribution in [2.75, 3.05) is 6.66 Å². The van der Waals surface area contributed by atoms with Gasteiger partial charge in [-0.2, -0.15) is 5.26 Å². The van der Waals surface area contributed by atoms with E-state index < -0.39 is 7.71 Å². The highest BCUT2D eigenvalue weighted by molar-refractivity contribution is 7.50. The first-order valence-electron chi connectivity index (χ1n) is 12.3. The maximum Gasteiger partial charge on any atom is 0.284 e. The second kappa shape index (κ2) is 16.7. The molecule has 0 bridgehead atoms.